The molecule has 0 aliphatic rings. The summed E-state index contributed by atoms with van der Waals surface area (Å²) in [5, 5.41) is 9.64. The van der Waals surface area contributed by atoms with Crippen LogP contribution < -0.4 is 16.8 Å². The van der Waals surface area contributed by atoms with E-state index in [9.17, 15) is 0 Å². The van der Waals surface area contributed by atoms with E-state index in [2.05, 4.69) is 17.3 Å². The third-order valence-corrected chi connectivity index (χ3v) is 2.51. The molecule has 0 radical (unpaired) electrons. The Labute approximate surface area is 103 Å². The van der Waals surface area contributed by atoms with E-state index >= 15 is 0 Å². The van der Waals surface area contributed by atoms with Crippen LogP contribution in [0, 0.1) is 7.05 Å². The number of rotatable bonds is 2. The lowest BCUT2D eigenvalue weighted by Gasteiger charge is -2.06. The van der Waals surface area contributed by atoms with Crippen molar-refractivity contribution >= 4 is 35.0 Å². The standard InChI is InChI=1S/C9H11Cl2N5/c1-14-8(15-16-9(12)13)5-3-2-4-6(10)7(5)11/h2-4H,1,14H2,(H4,12,13,16)/b15-8-. The minimum atomic E-state index is -0.141. The monoisotopic (exact) mass is 259 g/mol. The fourth-order valence-corrected chi connectivity index (χ4v) is 1.42. The first-order chi connectivity index (χ1) is 7.56. The van der Waals surface area contributed by atoms with Crippen molar-refractivity contribution in [3.63, 3.8) is 0 Å². The number of amidine groups is 1. The first-order valence-corrected chi connectivity index (χ1v) is 5.05. The van der Waals surface area contributed by atoms with Gasteiger partial charge in [-0.3, -0.25) is 0 Å². The van der Waals surface area contributed by atoms with Crippen LogP contribution in [0.1, 0.15) is 5.56 Å². The molecule has 86 valence electrons. The molecule has 16 heavy (non-hydrogen) atoms. The van der Waals surface area contributed by atoms with Crippen molar-refractivity contribution in [2.75, 3.05) is 0 Å². The SMILES string of the molecule is [CH2-][NH2+]/C(=N\N=C(N)N)c1cccc(Cl)c1Cl. The van der Waals surface area contributed by atoms with E-state index < -0.39 is 0 Å². The lowest BCUT2D eigenvalue weighted by Crippen LogP contribution is -2.81. The lowest BCUT2D eigenvalue weighted by atomic mass is 10.2. The predicted molar refractivity (Wildman–Crippen MR) is 66.1 cm³/mol. The van der Waals surface area contributed by atoms with Crippen LogP contribution in [0.25, 0.3) is 0 Å². The summed E-state index contributed by atoms with van der Waals surface area (Å²) in [6.07, 6.45) is 0. The van der Waals surface area contributed by atoms with Crippen LogP contribution in [0.2, 0.25) is 10.0 Å². The van der Waals surface area contributed by atoms with Crippen LogP contribution >= 0.6 is 23.2 Å². The first-order valence-electron chi connectivity index (χ1n) is 4.29. The van der Waals surface area contributed by atoms with Crippen LogP contribution in [0.3, 0.4) is 0 Å². The van der Waals surface area contributed by atoms with Crippen molar-refractivity contribution in [2.45, 2.75) is 0 Å². The maximum Gasteiger partial charge on any atom is 0.226 e. The first kappa shape index (κ1) is 12.8. The topological polar surface area (TPSA) is 93.4 Å². The number of quaternary nitrogens is 1. The van der Waals surface area contributed by atoms with Gasteiger partial charge in [-0.1, -0.05) is 34.4 Å². The normalized spacial score (nSPS) is 11.3. The number of hydrogen-bond acceptors (Lipinski definition) is 2. The molecule has 0 fully saturated rings. The Morgan fingerprint density at radius 3 is 2.50 bits per heavy atom. The molecule has 0 bridgehead atoms. The summed E-state index contributed by atoms with van der Waals surface area (Å²) < 4.78 is 0. The van der Waals surface area contributed by atoms with E-state index in [-0.39, 0.29) is 5.96 Å². The highest BCUT2D eigenvalue weighted by atomic mass is 35.5. The van der Waals surface area contributed by atoms with Crippen molar-refractivity contribution in [1.29, 1.82) is 0 Å². The van der Waals surface area contributed by atoms with Crippen molar-refractivity contribution in [1.82, 2.24) is 0 Å². The molecule has 0 heterocycles. The summed E-state index contributed by atoms with van der Waals surface area (Å²) in [4.78, 5) is 0. The molecule has 1 aromatic rings. The fraction of sp³-hybridized carbons (Fsp3) is 0. The van der Waals surface area contributed by atoms with E-state index in [0.717, 1.165) is 0 Å². The van der Waals surface area contributed by atoms with Gasteiger partial charge >= 0.3 is 0 Å². The van der Waals surface area contributed by atoms with E-state index in [4.69, 9.17) is 34.7 Å². The highest BCUT2D eigenvalue weighted by Crippen LogP contribution is 2.24. The van der Waals surface area contributed by atoms with Gasteiger partial charge < -0.3 is 16.8 Å². The molecule has 5 nitrogen and oxygen atoms in total. The van der Waals surface area contributed by atoms with Gasteiger partial charge in [-0.2, -0.15) is 0 Å². The zero-order valence-corrected chi connectivity index (χ0v) is 9.83. The number of guanidine groups is 1. The smallest absolute Gasteiger partial charge is 0.226 e. The van der Waals surface area contributed by atoms with Gasteiger partial charge in [0.15, 0.2) is 0 Å². The summed E-state index contributed by atoms with van der Waals surface area (Å²) in [6, 6.07) is 5.17. The molecular weight excluding hydrogens is 249 g/mol. The zero-order valence-electron chi connectivity index (χ0n) is 8.32. The number of halogens is 2. The van der Waals surface area contributed by atoms with Gasteiger partial charge in [-0.15, -0.1) is 12.1 Å². The van der Waals surface area contributed by atoms with Gasteiger partial charge in [0.2, 0.25) is 11.8 Å². The largest absolute Gasteiger partial charge is 0.427 e. The Balaban J connectivity index is 3.19. The van der Waals surface area contributed by atoms with Crippen LogP contribution in [-0.4, -0.2) is 11.8 Å². The Kier molecular flexibility index (Phi) is 4.54. The minimum Gasteiger partial charge on any atom is -0.427 e. The van der Waals surface area contributed by atoms with E-state index in [0.29, 0.717) is 21.4 Å². The van der Waals surface area contributed by atoms with E-state index in [1.54, 1.807) is 18.2 Å². The highest BCUT2D eigenvalue weighted by Gasteiger charge is 2.11. The number of nitrogens with two attached hydrogens (primary N) is 3. The molecule has 0 atom stereocenters. The van der Waals surface area contributed by atoms with Crippen molar-refractivity contribution < 1.29 is 5.32 Å². The summed E-state index contributed by atoms with van der Waals surface area (Å²) in [5.74, 6) is 0.304. The second-order valence-corrected chi connectivity index (χ2v) is 3.60. The maximum atomic E-state index is 6.01. The Morgan fingerprint density at radius 2 is 1.94 bits per heavy atom. The molecule has 6 N–H and O–H groups in total. The lowest BCUT2D eigenvalue weighted by molar-refractivity contribution is -0.469. The molecule has 1 rings (SSSR count). The van der Waals surface area contributed by atoms with Gasteiger partial charge in [0.1, 0.15) is 0 Å². The second-order valence-electron chi connectivity index (χ2n) is 2.82. The van der Waals surface area contributed by atoms with Gasteiger partial charge in [-0.05, 0) is 12.1 Å². The molecule has 0 saturated heterocycles. The van der Waals surface area contributed by atoms with Crippen LogP contribution in [-0.2, 0) is 0 Å². The van der Waals surface area contributed by atoms with E-state index in [1.165, 1.54) is 5.32 Å². The molecular formula is C9H11Cl2N5. The number of hydrogen-bond donors (Lipinski definition) is 3. The minimum absolute atomic E-state index is 0.141. The van der Waals surface area contributed by atoms with Crippen LogP contribution in [0.4, 0.5) is 0 Å². The van der Waals surface area contributed by atoms with Gasteiger partial charge in [0.25, 0.3) is 0 Å². The molecule has 1 aromatic carbocycles. The third-order valence-electron chi connectivity index (χ3n) is 1.69. The Hall–Kier alpha value is -1.30. The maximum absolute atomic E-state index is 6.01. The van der Waals surface area contributed by atoms with Gasteiger partial charge in [0.05, 0.1) is 15.6 Å². The molecule has 0 unspecified atom stereocenters. The molecule has 0 amide bonds. The Bertz CT molecular complexity index is 438. The predicted octanol–water partition coefficient (Wildman–Crippen LogP) is 0.283. The average molecular weight is 260 g/mol. The zero-order chi connectivity index (χ0) is 12.1. The summed E-state index contributed by atoms with van der Waals surface area (Å²) in [6.45, 7) is 0. The van der Waals surface area contributed by atoms with Gasteiger partial charge in [0, 0.05) is 0 Å². The highest BCUT2D eigenvalue weighted by molar-refractivity contribution is 6.43. The van der Waals surface area contributed by atoms with Crippen molar-refractivity contribution in [3.05, 3.63) is 40.9 Å². The van der Waals surface area contributed by atoms with Crippen molar-refractivity contribution in [3.8, 4) is 0 Å². The molecule has 7 heteroatoms. The average Bonchev–Trinajstić information content (AvgIpc) is 2.24. The third kappa shape index (κ3) is 3.10. The van der Waals surface area contributed by atoms with Crippen LogP contribution in [0.5, 0.6) is 0 Å². The Morgan fingerprint density at radius 1 is 1.25 bits per heavy atom. The van der Waals surface area contributed by atoms with Gasteiger partial charge in [-0.25, -0.2) is 0 Å². The molecule has 0 aliphatic heterocycles. The number of nitrogens with zero attached hydrogens (tertiary/aromatic N) is 2. The van der Waals surface area contributed by atoms with Crippen molar-refractivity contribution in [2.24, 2.45) is 21.7 Å². The molecule has 0 spiro atoms. The summed E-state index contributed by atoms with van der Waals surface area (Å²) >= 11 is 11.9. The molecule has 0 saturated carbocycles. The number of benzene rings is 1. The second kappa shape index (κ2) is 5.69. The summed E-state index contributed by atoms with van der Waals surface area (Å²) in [5.41, 5.74) is 11.0. The molecule has 0 aliphatic carbocycles. The van der Waals surface area contributed by atoms with E-state index in [1.807, 2.05) is 0 Å². The fourth-order valence-electron chi connectivity index (χ4n) is 1.02. The summed E-state index contributed by atoms with van der Waals surface area (Å²) in [7, 11) is 3.60. The molecule has 0 aromatic heterocycles. The van der Waals surface area contributed by atoms with Crippen LogP contribution in [0.15, 0.2) is 28.4 Å². The quantitative estimate of drug-likeness (QED) is 0.308.